The molecule has 0 saturated carbocycles. The lowest BCUT2D eigenvalue weighted by Gasteiger charge is -2.32. The summed E-state index contributed by atoms with van der Waals surface area (Å²) in [7, 11) is -3.83. The van der Waals surface area contributed by atoms with Crippen molar-refractivity contribution in [2.45, 2.75) is 44.2 Å². The van der Waals surface area contributed by atoms with E-state index in [1.54, 1.807) is 19.9 Å². The van der Waals surface area contributed by atoms with Gasteiger partial charge in [-0.3, -0.25) is 9.59 Å². The van der Waals surface area contributed by atoms with E-state index in [9.17, 15) is 18.0 Å². The number of amides is 2. The number of carbonyl (C=O) groups excluding carboxylic acids is 2. The molecule has 0 radical (unpaired) electrons. The summed E-state index contributed by atoms with van der Waals surface area (Å²) < 4.78 is 33.9. The van der Waals surface area contributed by atoms with Gasteiger partial charge in [-0.25, -0.2) is 8.42 Å². The number of piperidine rings is 1. The van der Waals surface area contributed by atoms with Gasteiger partial charge in [0.25, 0.3) is 5.91 Å². The molecule has 2 heterocycles. The van der Waals surface area contributed by atoms with Gasteiger partial charge in [0.1, 0.15) is 5.75 Å². The standard InChI is InChI=1S/C23H27N3O5S/c1-15-11-19-20(31-16(2)22(27)25-19)12-21(15)32(29,30)26-10-6-9-18(14-26)23(28)24-13-17-7-4-3-5-8-17/h3-5,7-8,11-12,16,18H,6,9-10,13-14H2,1-2H3,(H,24,28)(H,25,27)/t16-,18-/m1/s1. The maximum Gasteiger partial charge on any atom is 0.265 e. The molecule has 2 aliphatic heterocycles. The lowest BCUT2D eigenvalue weighted by atomic mass is 9.99. The molecular weight excluding hydrogens is 430 g/mol. The second-order valence-corrected chi connectivity index (χ2v) is 10.2. The summed E-state index contributed by atoms with van der Waals surface area (Å²) in [6, 6.07) is 12.7. The second-order valence-electron chi connectivity index (χ2n) is 8.27. The Balaban J connectivity index is 1.50. The fraction of sp³-hybridized carbons (Fsp3) is 0.391. The van der Waals surface area contributed by atoms with E-state index in [0.717, 1.165) is 5.56 Å². The zero-order chi connectivity index (χ0) is 22.9. The van der Waals surface area contributed by atoms with Gasteiger partial charge in [-0.1, -0.05) is 30.3 Å². The Hall–Kier alpha value is -2.91. The zero-order valence-electron chi connectivity index (χ0n) is 18.1. The highest BCUT2D eigenvalue weighted by atomic mass is 32.2. The summed E-state index contributed by atoms with van der Waals surface area (Å²) >= 11 is 0. The molecule has 2 N–H and O–H groups in total. The number of ether oxygens (including phenoxy) is 1. The first kappa shape index (κ1) is 22.3. The van der Waals surface area contributed by atoms with Crippen molar-refractivity contribution in [2.24, 2.45) is 5.92 Å². The third-order valence-corrected chi connectivity index (χ3v) is 7.90. The molecule has 32 heavy (non-hydrogen) atoms. The van der Waals surface area contributed by atoms with Crippen LogP contribution in [0.3, 0.4) is 0 Å². The van der Waals surface area contributed by atoms with Gasteiger partial charge in [0.15, 0.2) is 6.10 Å². The highest BCUT2D eigenvalue weighted by Gasteiger charge is 2.35. The van der Waals surface area contributed by atoms with Crippen molar-refractivity contribution in [1.29, 1.82) is 0 Å². The summed E-state index contributed by atoms with van der Waals surface area (Å²) in [5.74, 6) is -0.491. The van der Waals surface area contributed by atoms with E-state index < -0.39 is 22.0 Å². The maximum atomic E-state index is 13.4. The molecule has 0 unspecified atom stereocenters. The SMILES string of the molecule is Cc1cc2c(cc1S(=O)(=O)N1CCC[C@@H](C(=O)NCc3ccccc3)C1)O[C@H](C)C(=O)N2. The second kappa shape index (κ2) is 8.91. The van der Waals surface area contributed by atoms with Gasteiger partial charge in [-0.05, 0) is 43.9 Å². The topological polar surface area (TPSA) is 105 Å². The van der Waals surface area contributed by atoms with E-state index in [2.05, 4.69) is 10.6 Å². The summed E-state index contributed by atoms with van der Waals surface area (Å²) in [5, 5.41) is 5.65. The third-order valence-electron chi connectivity index (χ3n) is 5.89. The maximum absolute atomic E-state index is 13.4. The zero-order valence-corrected chi connectivity index (χ0v) is 18.9. The monoisotopic (exact) mass is 457 g/mol. The molecule has 1 saturated heterocycles. The molecule has 2 aromatic carbocycles. The number of sulfonamides is 1. The fourth-order valence-corrected chi connectivity index (χ4v) is 5.81. The van der Waals surface area contributed by atoms with E-state index >= 15 is 0 Å². The van der Waals surface area contributed by atoms with Crippen LogP contribution in [0.5, 0.6) is 5.75 Å². The molecule has 2 amide bonds. The molecule has 2 atom stereocenters. The van der Waals surface area contributed by atoms with E-state index in [-0.39, 0.29) is 23.3 Å². The molecule has 1 fully saturated rings. The van der Waals surface area contributed by atoms with Gasteiger partial charge >= 0.3 is 0 Å². The molecule has 0 spiro atoms. The molecule has 2 aliphatic rings. The van der Waals surface area contributed by atoms with Crippen molar-refractivity contribution < 1.29 is 22.7 Å². The minimum absolute atomic E-state index is 0.130. The van der Waals surface area contributed by atoms with Gasteiger partial charge in [0, 0.05) is 25.7 Å². The predicted octanol–water partition coefficient (Wildman–Crippen LogP) is 2.43. The summed E-state index contributed by atoms with van der Waals surface area (Å²) in [4.78, 5) is 24.7. The Bertz CT molecular complexity index is 1130. The molecular formula is C23H27N3O5S. The Kier molecular flexibility index (Phi) is 6.21. The van der Waals surface area contributed by atoms with Crippen LogP contribution in [0.4, 0.5) is 5.69 Å². The molecule has 0 aliphatic carbocycles. The average Bonchev–Trinajstić information content (AvgIpc) is 2.79. The van der Waals surface area contributed by atoms with Crippen molar-refractivity contribution in [3.05, 3.63) is 53.6 Å². The highest BCUT2D eigenvalue weighted by Crippen LogP contribution is 2.36. The Morgan fingerprint density at radius 3 is 2.75 bits per heavy atom. The number of nitrogens with zero attached hydrogens (tertiary/aromatic N) is 1. The number of nitrogens with one attached hydrogen (secondary N) is 2. The molecule has 8 nitrogen and oxygen atoms in total. The lowest BCUT2D eigenvalue weighted by molar-refractivity contribution is -0.126. The van der Waals surface area contributed by atoms with Gasteiger partial charge in [0.2, 0.25) is 15.9 Å². The number of benzene rings is 2. The molecule has 9 heteroatoms. The largest absolute Gasteiger partial charge is 0.479 e. The first-order chi connectivity index (χ1) is 15.3. The van der Waals surface area contributed by atoms with E-state index in [1.807, 2.05) is 30.3 Å². The third kappa shape index (κ3) is 4.49. The quantitative estimate of drug-likeness (QED) is 0.718. The van der Waals surface area contributed by atoms with Crippen molar-refractivity contribution in [3.63, 3.8) is 0 Å². The normalized spacial score (nSPS) is 21.2. The number of anilines is 1. The number of rotatable bonds is 5. The van der Waals surface area contributed by atoms with Crippen LogP contribution in [0.25, 0.3) is 0 Å². The van der Waals surface area contributed by atoms with Crippen molar-refractivity contribution in [3.8, 4) is 5.75 Å². The predicted molar refractivity (Wildman–Crippen MR) is 120 cm³/mol. The summed E-state index contributed by atoms with van der Waals surface area (Å²) in [6.45, 7) is 4.19. The lowest BCUT2D eigenvalue weighted by Crippen LogP contribution is -2.45. The Labute approximate surface area is 188 Å². The minimum Gasteiger partial charge on any atom is -0.479 e. The van der Waals surface area contributed by atoms with Crippen molar-refractivity contribution >= 4 is 27.5 Å². The number of carbonyl (C=O) groups is 2. The highest BCUT2D eigenvalue weighted by molar-refractivity contribution is 7.89. The number of aryl methyl sites for hydroxylation is 1. The van der Waals surface area contributed by atoms with E-state index in [0.29, 0.717) is 42.9 Å². The Morgan fingerprint density at radius 1 is 1.25 bits per heavy atom. The van der Waals surface area contributed by atoms with Crippen LogP contribution >= 0.6 is 0 Å². The van der Waals surface area contributed by atoms with Gasteiger partial charge < -0.3 is 15.4 Å². The number of fused-ring (bicyclic) bond motifs is 1. The summed E-state index contributed by atoms with van der Waals surface area (Å²) in [5.41, 5.74) is 1.96. The van der Waals surface area contributed by atoms with Crippen LogP contribution in [0.1, 0.15) is 30.9 Å². The minimum atomic E-state index is -3.83. The average molecular weight is 458 g/mol. The van der Waals surface area contributed by atoms with Crippen LogP contribution in [0, 0.1) is 12.8 Å². The van der Waals surface area contributed by atoms with Crippen LogP contribution in [0.15, 0.2) is 47.4 Å². The molecule has 170 valence electrons. The van der Waals surface area contributed by atoms with Crippen LogP contribution < -0.4 is 15.4 Å². The van der Waals surface area contributed by atoms with Crippen LogP contribution in [-0.4, -0.2) is 43.7 Å². The molecule has 4 rings (SSSR count). The van der Waals surface area contributed by atoms with E-state index in [4.69, 9.17) is 4.74 Å². The molecule has 0 aromatic heterocycles. The number of hydrogen-bond donors (Lipinski definition) is 2. The first-order valence-corrected chi connectivity index (χ1v) is 12.1. The molecule has 2 aromatic rings. The van der Waals surface area contributed by atoms with Crippen LogP contribution in [-0.2, 0) is 26.2 Å². The fourth-order valence-electron chi connectivity index (χ4n) is 4.06. The number of hydrogen-bond acceptors (Lipinski definition) is 5. The summed E-state index contributed by atoms with van der Waals surface area (Å²) in [6.07, 6.45) is 0.548. The van der Waals surface area contributed by atoms with Gasteiger partial charge in [0.05, 0.1) is 16.5 Å². The smallest absolute Gasteiger partial charge is 0.265 e. The van der Waals surface area contributed by atoms with Crippen molar-refractivity contribution in [2.75, 3.05) is 18.4 Å². The van der Waals surface area contributed by atoms with Crippen LogP contribution in [0.2, 0.25) is 0 Å². The van der Waals surface area contributed by atoms with E-state index in [1.165, 1.54) is 10.4 Å². The molecule has 0 bridgehead atoms. The Morgan fingerprint density at radius 2 is 2.00 bits per heavy atom. The van der Waals surface area contributed by atoms with Gasteiger partial charge in [-0.2, -0.15) is 4.31 Å². The van der Waals surface area contributed by atoms with Crippen molar-refractivity contribution in [1.82, 2.24) is 9.62 Å². The first-order valence-electron chi connectivity index (χ1n) is 10.7. The van der Waals surface area contributed by atoms with Gasteiger partial charge in [-0.15, -0.1) is 0 Å².